The molecule has 1 atom stereocenters. The number of furan rings is 1. The Morgan fingerprint density at radius 3 is 2.09 bits per heavy atom. The summed E-state index contributed by atoms with van der Waals surface area (Å²) < 4.78 is 9.21. The van der Waals surface area contributed by atoms with E-state index in [0.717, 1.165) is 83.9 Å². The van der Waals surface area contributed by atoms with Gasteiger partial charge in [-0.05, 0) is 64.7 Å². The van der Waals surface area contributed by atoms with Gasteiger partial charge >= 0.3 is 0 Å². The van der Waals surface area contributed by atoms with Crippen molar-refractivity contribution in [3.63, 3.8) is 0 Å². The van der Waals surface area contributed by atoms with Crippen molar-refractivity contribution in [1.29, 1.82) is 0 Å². The van der Waals surface area contributed by atoms with Crippen LogP contribution >= 0.6 is 11.3 Å². The van der Waals surface area contributed by atoms with Crippen molar-refractivity contribution in [1.82, 2.24) is 9.97 Å². The van der Waals surface area contributed by atoms with Crippen LogP contribution in [0.1, 0.15) is 29.3 Å². The van der Waals surface area contributed by atoms with Gasteiger partial charge in [-0.3, -0.25) is 0 Å². The first-order valence-electron chi connectivity index (χ1n) is 18.7. The van der Waals surface area contributed by atoms with Crippen LogP contribution < -0.4 is 4.90 Å². The number of benzene rings is 7. The molecule has 4 nitrogen and oxygen atoms in total. The highest BCUT2D eigenvalue weighted by molar-refractivity contribution is 7.26. The first-order chi connectivity index (χ1) is 27.3. The molecular weight excluding hydrogens is 691 g/mol. The first-order valence-corrected chi connectivity index (χ1v) is 19.5. The number of thiophene rings is 1. The molecule has 5 heteroatoms. The maximum Gasteiger partial charge on any atom is 0.160 e. The lowest BCUT2D eigenvalue weighted by molar-refractivity contribution is 0.488. The molecule has 0 spiro atoms. The lowest BCUT2D eigenvalue weighted by atomic mass is 9.86. The highest BCUT2D eigenvalue weighted by atomic mass is 32.1. The Bertz CT molecular complexity index is 3070. The molecule has 1 aliphatic rings. The highest BCUT2D eigenvalue weighted by Crippen LogP contribution is 2.49. The molecule has 0 bridgehead atoms. The molecular formula is C50H33N3OS. The number of hydrogen-bond donors (Lipinski definition) is 0. The van der Waals surface area contributed by atoms with Crippen molar-refractivity contribution in [3.05, 3.63) is 199 Å². The second-order valence-corrected chi connectivity index (χ2v) is 15.1. The van der Waals surface area contributed by atoms with Crippen molar-refractivity contribution in [2.45, 2.75) is 12.5 Å². The summed E-state index contributed by atoms with van der Waals surface area (Å²) in [6.45, 7) is 0. The molecule has 260 valence electrons. The van der Waals surface area contributed by atoms with Crippen molar-refractivity contribution in [2.24, 2.45) is 0 Å². The first kappa shape index (κ1) is 31.7. The summed E-state index contributed by atoms with van der Waals surface area (Å²) in [6.07, 6.45) is 3.17. The second-order valence-electron chi connectivity index (χ2n) is 14.1. The zero-order valence-electron chi connectivity index (χ0n) is 29.8. The van der Waals surface area contributed by atoms with Gasteiger partial charge in [-0.1, -0.05) is 146 Å². The normalized spacial score (nSPS) is 14.0. The molecule has 0 radical (unpaired) electrons. The summed E-state index contributed by atoms with van der Waals surface area (Å²) in [7, 11) is 0. The van der Waals surface area contributed by atoms with Crippen molar-refractivity contribution < 1.29 is 4.42 Å². The average Bonchev–Trinajstić information content (AvgIpc) is 3.84. The van der Waals surface area contributed by atoms with E-state index < -0.39 is 0 Å². The van der Waals surface area contributed by atoms with E-state index in [1.807, 2.05) is 6.07 Å². The number of nitrogens with zero attached hydrogens (tertiary/aromatic N) is 3. The molecule has 0 saturated heterocycles. The number of aromatic nitrogens is 2. The van der Waals surface area contributed by atoms with Gasteiger partial charge in [0.25, 0.3) is 0 Å². The summed E-state index contributed by atoms with van der Waals surface area (Å²) >= 11 is 1.76. The van der Waals surface area contributed by atoms with Crippen LogP contribution in [0.5, 0.6) is 0 Å². The third-order valence-electron chi connectivity index (χ3n) is 10.8. The Morgan fingerprint density at radius 2 is 1.25 bits per heavy atom. The van der Waals surface area contributed by atoms with Gasteiger partial charge in [-0.15, -0.1) is 11.3 Å². The van der Waals surface area contributed by atoms with Crippen LogP contribution in [0, 0.1) is 0 Å². The van der Waals surface area contributed by atoms with Crippen LogP contribution in [0.15, 0.2) is 186 Å². The zero-order valence-corrected chi connectivity index (χ0v) is 30.6. The third-order valence-corrected chi connectivity index (χ3v) is 12.0. The van der Waals surface area contributed by atoms with Crippen LogP contribution in [0.25, 0.3) is 70.3 Å². The summed E-state index contributed by atoms with van der Waals surface area (Å²) in [5.41, 5.74) is 10.7. The quantitative estimate of drug-likeness (QED) is 0.171. The fourth-order valence-electron chi connectivity index (χ4n) is 8.23. The van der Waals surface area contributed by atoms with E-state index in [4.69, 9.17) is 14.4 Å². The molecule has 11 rings (SSSR count). The van der Waals surface area contributed by atoms with Crippen LogP contribution in [-0.4, -0.2) is 9.97 Å². The SMILES string of the molecule is C1=C(c2ccc(-c3nc(-c4ccccc4)c4sc5ccccc5c4n3)cc2)c2c(oc3ccccc23)C(N(c2ccccc2)c2ccc3ccccc3c2)C1. The van der Waals surface area contributed by atoms with Gasteiger partial charge in [0.05, 0.1) is 22.0 Å². The Morgan fingerprint density at radius 1 is 0.564 bits per heavy atom. The molecule has 0 fully saturated rings. The van der Waals surface area contributed by atoms with Crippen LogP contribution in [0.4, 0.5) is 11.4 Å². The van der Waals surface area contributed by atoms with Gasteiger partial charge in [0.1, 0.15) is 11.3 Å². The van der Waals surface area contributed by atoms with E-state index >= 15 is 0 Å². The van der Waals surface area contributed by atoms with Crippen LogP contribution in [0.3, 0.4) is 0 Å². The molecule has 1 unspecified atom stereocenters. The van der Waals surface area contributed by atoms with Gasteiger partial charge in [0.15, 0.2) is 5.82 Å². The zero-order chi connectivity index (χ0) is 36.3. The monoisotopic (exact) mass is 723 g/mol. The number of fused-ring (bicyclic) bond motifs is 7. The van der Waals surface area contributed by atoms with Crippen molar-refractivity contribution >= 4 is 70.3 Å². The summed E-state index contributed by atoms with van der Waals surface area (Å²) in [5, 5.41) is 4.72. The van der Waals surface area contributed by atoms with E-state index in [9.17, 15) is 0 Å². The van der Waals surface area contributed by atoms with Crippen LogP contribution in [0.2, 0.25) is 0 Å². The minimum absolute atomic E-state index is 0.0500. The predicted molar refractivity (Wildman–Crippen MR) is 229 cm³/mol. The molecule has 3 aromatic heterocycles. The molecule has 0 aliphatic heterocycles. The lowest BCUT2D eigenvalue weighted by Crippen LogP contribution is -2.25. The van der Waals surface area contributed by atoms with Gasteiger partial charge in [0, 0.05) is 43.5 Å². The number of hydrogen-bond acceptors (Lipinski definition) is 5. The number of rotatable bonds is 6. The molecule has 0 saturated carbocycles. The minimum Gasteiger partial charge on any atom is -0.458 e. The average molecular weight is 724 g/mol. The van der Waals surface area contributed by atoms with Gasteiger partial charge in [-0.2, -0.15) is 0 Å². The molecule has 0 N–H and O–H groups in total. The molecule has 7 aromatic carbocycles. The molecule has 10 aromatic rings. The lowest BCUT2D eigenvalue weighted by Gasteiger charge is -2.35. The standard InChI is InChI=1S/C50H33N3OS/c1-3-14-34(15-4-1)46-49-47(41-20-10-12-22-44(41)55-49)52-50(51-46)35-25-23-33(24-26-35)39-29-30-42(48-45(39)40-19-9-11-21-43(40)54-48)53(37-17-5-2-6-18-37)38-28-27-32-13-7-8-16-36(32)31-38/h1-29,31,42H,30H2. The molecule has 0 amide bonds. The molecule has 55 heavy (non-hydrogen) atoms. The fraction of sp³-hybridized carbons (Fsp3) is 0.0400. The van der Waals surface area contributed by atoms with Crippen molar-refractivity contribution in [3.8, 4) is 22.6 Å². The summed E-state index contributed by atoms with van der Waals surface area (Å²) in [4.78, 5) is 12.9. The molecule has 3 heterocycles. The maximum absolute atomic E-state index is 6.88. The predicted octanol–water partition coefficient (Wildman–Crippen LogP) is 13.8. The van der Waals surface area contributed by atoms with E-state index in [1.54, 1.807) is 11.3 Å². The number of anilines is 2. The van der Waals surface area contributed by atoms with Gasteiger partial charge in [0.2, 0.25) is 0 Å². The smallest absolute Gasteiger partial charge is 0.160 e. The maximum atomic E-state index is 6.88. The Labute approximate surface area is 322 Å². The van der Waals surface area contributed by atoms with E-state index in [0.29, 0.717) is 0 Å². The van der Waals surface area contributed by atoms with E-state index in [2.05, 4.69) is 181 Å². The minimum atomic E-state index is -0.0500. The summed E-state index contributed by atoms with van der Waals surface area (Å²) in [5.74, 6) is 1.70. The second kappa shape index (κ2) is 12.9. The Balaban J connectivity index is 1.03. The van der Waals surface area contributed by atoms with Gasteiger partial charge < -0.3 is 9.32 Å². The largest absolute Gasteiger partial charge is 0.458 e. The topological polar surface area (TPSA) is 42.2 Å². The fourth-order valence-corrected chi connectivity index (χ4v) is 9.39. The summed E-state index contributed by atoms with van der Waals surface area (Å²) in [6, 6.07) is 62.1. The Kier molecular flexibility index (Phi) is 7.45. The van der Waals surface area contributed by atoms with E-state index in [1.165, 1.54) is 21.0 Å². The molecule has 1 aliphatic carbocycles. The van der Waals surface area contributed by atoms with Gasteiger partial charge in [-0.25, -0.2) is 9.97 Å². The van der Waals surface area contributed by atoms with E-state index in [-0.39, 0.29) is 6.04 Å². The van der Waals surface area contributed by atoms with Crippen LogP contribution in [-0.2, 0) is 0 Å². The third kappa shape index (κ3) is 5.35. The van der Waals surface area contributed by atoms with Crippen molar-refractivity contribution in [2.75, 3.05) is 4.90 Å². The number of para-hydroxylation sites is 2. The highest BCUT2D eigenvalue weighted by Gasteiger charge is 2.34. The Hall–Kier alpha value is -6.82.